The molecule has 0 radical (unpaired) electrons. The van der Waals surface area contributed by atoms with Gasteiger partial charge in [0.15, 0.2) is 0 Å². The highest BCUT2D eigenvalue weighted by atomic mass is 14.3. The van der Waals surface area contributed by atoms with E-state index in [1.165, 1.54) is 64.2 Å². The minimum atomic E-state index is 0.462. The van der Waals surface area contributed by atoms with Crippen LogP contribution in [0.4, 0.5) is 0 Å². The summed E-state index contributed by atoms with van der Waals surface area (Å²) in [6.45, 7) is 24.0. The Morgan fingerprint density at radius 2 is 0.625 bits per heavy atom. The second-order valence-corrected chi connectivity index (χ2v) is 12.4. The highest BCUT2D eigenvalue weighted by molar-refractivity contribution is 4.77. The van der Waals surface area contributed by atoms with Crippen LogP contribution in [0.15, 0.2) is 0 Å². The lowest BCUT2D eigenvalue weighted by Crippen LogP contribution is -2.20. The molecule has 0 bridgehead atoms. The lowest BCUT2D eigenvalue weighted by atomic mass is 9.73. The van der Waals surface area contributed by atoms with E-state index in [0.29, 0.717) is 21.7 Å². The number of hydrogen-bond donors (Lipinski definition) is 0. The van der Waals surface area contributed by atoms with Crippen LogP contribution in [0.5, 0.6) is 0 Å². The molecule has 0 rings (SSSR count). The van der Waals surface area contributed by atoms with Gasteiger partial charge in [-0.2, -0.15) is 0 Å². The molecule has 0 atom stereocenters. The Morgan fingerprint density at radius 3 is 0.875 bits per heavy atom. The summed E-state index contributed by atoms with van der Waals surface area (Å²) in [7, 11) is 0. The lowest BCUT2D eigenvalue weighted by Gasteiger charge is -2.32. The number of hydrogen-bond acceptors (Lipinski definition) is 0. The van der Waals surface area contributed by atoms with E-state index in [2.05, 4.69) is 69.2 Å². The van der Waals surface area contributed by atoms with Crippen molar-refractivity contribution < 1.29 is 0 Å². The normalized spacial score (nSPS) is 14.2. The maximum atomic E-state index is 2.45. The summed E-state index contributed by atoms with van der Waals surface area (Å²) in [5.41, 5.74) is 1.94. The first kappa shape index (κ1) is 24.0. The van der Waals surface area contributed by atoms with Crippen LogP contribution in [0.2, 0.25) is 0 Å². The fourth-order valence-electron chi connectivity index (χ4n) is 4.96. The van der Waals surface area contributed by atoms with Crippen molar-refractivity contribution in [2.24, 2.45) is 21.7 Å². The average Bonchev–Trinajstić information content (AvgIpc) is 2.25. The Labute approximate surface area is 155 Å². The van der Waals surface area contributed by atoms with Gasteiger partial charge < -0.3 is 0 Å². The first-order valence-corrected chi connectivity index (χ1v) is 10.6. The van der Waals surface area contributed by atoms with Crippen LogP contribution in [-0.4, -0.2) is 0 Å². The highest BCUT2D eigenvalue weighted by Crippen LogP contribution is 2.38. The fraction of sp³-hybridized carbons (Fsp3) is 1.00. The van der Waals surface area contributed by atoms with Gasteiger partial charge in [-0.15, -0.1) is 0 Å². The smallest absolute Gasteiger partial charge is 0.0349 e. The van der Waals surface area contributed by atoms with Crippen LogP contribution in [0.25, 0.3) is 0 Å². The van der Waals surface area contributed by atoms with Crippen LogP contribution >= 0.6 is 0 Å². The van der Waals surface area contributed by atoms with Crippen molar-refractivity contribution in [3.05, 3.63) is 0 Å². The number of rotatable bonds is 11. The summed E-state index contributed by atoms with van der Waals surface area (Å²) in [5.74, 6) is 0. The first-order chi connectivity index (χ1) is 10.6. The molecule has 0 N–H and O–H groups in total. The first-order valence-electron chi connectivity index (χ1n) is 10.6. The maximum absolute atomic E-state index is 2.45. The molecular formula is C24H50. The largest absolute Gasteiger partial charge is 0.0602 e. The third kappa shape index (κ3) is 15.5. The van der Waals surface area contributed by atoms with Crippen molar-refractivity contribution in [1.29, 1.82) is 0 Å². The number of unbranched alkanes of at least 4 members (excludes halogenated alkanes) is 5. The topological polar surface area (TPSA) is 0 Å². The molecule has 0 fully saturated rings. The van der Waals surface area contributed by atoms with E-state index in [-0.39, 0.29) is 0 Å². The third-order valence-electron chi connectivity index (χ3n) is 4.97. The van der Waals surface area contributed by atoms with Crippen LogP contribution in [-0.2, 0) is 0 Å². The summed E-state index contributed by atoms with van der Waals surface area (Å²) < 4.78 is 0. The molecule has 0 nitrogen and oxygen atoms in total. The molecule has 24 heavy (non-hydrogen) atoms. The van der Waals surface area contributed by atoms with Gasteiger partial charge in [0, 0.05) is 0 Å². The van der Waals surface area contributed by atoms with Crippen LogP contribution in [0.1, 0.15) is 133 Å². The van der Waals surface area contributed by atoms with Gasteiger partial charge in [0.05, 0.1) is 0 Å². The van der Waals surface area contributed by atoms with E-state index in [4.69, 9.17) is 0 Å². The Hall–Kier alpha value is 0. The predicted molar refractivity (Wildman–Crippen MR) is 113 cm³/mol. The average molecular weight is 339 g/mol. The van der Waals surface area contributed by atoms with E-state index in [1.54, 1.807) is 0 Å². The van der Waals surface area contributed by atoms with Gasteiger partial charge in [-0.05, 0) is 47.3 Å². The Morgan fingerprint density at radius 1 is 0.375 bits per heavy atom. The molecule has 0 aliphatic carbocycles. The minimum Gasteiger partial charge on any atom is -0.0602 e. The van der Waals surface area contributed by atoms with Crippen molar-refractivity contribution in [2.75, 3.05) is 0 Å². The third-order valence-corrected chi connectivity index (χ3v) is 4.97. The quantitative estimate of drug-likeness (QED) is 0.329. The summed E-state index contributed by atoms with van der Waals surface area (Å²) in [5, 5.41) is 0. The Kier molecular flexibility index (Phi) is 9.63. The summed E-state index contributed by atoms with van der Waals surface area (Å²) >= 11 is 0. The molecule has 0 saturated carbocycles. The second kappa shape index (κ2) is 9.63. The van der Waals surface area contributed by atoms with E-state index < -0.39 is 0 Å². The monoisotopic (exact) mass is 338 g/mol. The van der Waals surface area contributed by atoms with Gasteiger partial charge in [0.1, 0.15) is 0 Å². The van der Waals surface area contributed by atoms with Gasteiger partial charge in [-0.3, -0.25) is 0 Å². The van der Waals surface area contributed by atoms with Crippen LogP contribution in [0.3, 0.4) is 0 Å². The molecule has 0 aliphatic rings. The molecule has 0 heteroatoms. The van der Waals surface area contributed by atoms with E-state index in [9.17, 15) is 0 Å². The van der Waals surface area contributed by atoms with Crippen molar-refractivity contribution in [3.63, 3.8) is 0 Å². The summed E-state index contributed by atoms with van der Waals surface area (Å²) in [4.78, 5) is 0. The van der Waals surface area contributed by atoms with Crippen LogP contribution in [0, 0.1) is 21.7 Å². The van der Waals surface area contributed by atoms with Crippen LogP contribution < -0.4 is 0 Å². The summed E-state index contributed by atoms with van der Waals surface area (Å²) in [6, 6.07) is 0. The molecule has 0 aromatic heterocycles. The molecule has 0 saturated heterocycles. The Bertz CT molecular complexity index is 285. The fourth-order valence-corrected chi connectivity index (χ4v) is 4.96. The van der Waals surface area contributed by atoms with Crippen molar-refractivity contribution in [3.8, 4) is 0 Å². The Balaban J connectivity index is 3.71. The molecule has 0 unspecified atom stereocenters. The molecule has 0 aromatic carbocycles. The summed E-state index contributed by atoms with van der Waals surface area (Å²) in [6.07, 6.45) is 14.0. The zero-order chi connectivity index (χ0) is 19.1. The molecule has 0 spiro atoms. The zero-order valence-corrected chi connectivity index (χ0v) is 19.1. The molecular weight excluding hydrogens is 288 g/mol. The van der Waals surface area contributed by atoms with Gasteiger partial charge in [0.2, 0.25) is 0 Å². The van der Waals surface area contributed by atoms with Gasteiger partial charge in [0.25, 0.3) is 0 Å². The van der Waals surface area contributed by atoms with Gasteiger partial charge in [-0.25, -0.2) is 0 Å². The SMILES string of the molecule is CC(C)(C)CC(C)(C)CCCCCCCCC(C)(C)CC(C)(C)C. The van der Waals surface area contributed by atoms with E-state index >= 15 is 0 Å². The minimum absolute atomic E-state index is 0.462. The molecule has 0 amide bonds. The predicted octanol–water partition coefficient (Wildman–Crippen LogP) is 9.03. The molecule has 0 aliphatic heterocycles. The van der Waals surface area contributed by atoms with Gasteiger partial charge >= 0.3 is 0 Å². The van der Waals surface area contributed by atoms with Crippen molar-refractivity contribution in [2.45, 2.75) is 133 Å². The van der Waals surface area contributed by atoms with E-state index in [0.717, 1.165) is 0 Å². The zero-order valence-electron chi connectivity index (χ0n) is 19.1. The second-order valence-electron chi connectivity index (χ2n) is 12.4. The highest BCUT2D eigenvalue weighted by Gasteiger charge is 2.25. The maximum Gasteiger partial charge on any atom is -0.0349 e. The molecule has 0 heterocycles. The van der Waals surface area contributed by atoms with Crippen molar-refractivity contribution >= 4 is 0 Å². The van der Waals surface area contributed by atoms with Gasteiger partial charge in [-0.1, -0.05) is 108 Å². The molecule has 0 aromatic rings. The lowest BCUT2D eigenvalue weighted by molar-refractivity contribution is 0.191. The molecule has 146 valence electrons. The van der Waals surface area contributed by atoms with E-state index in [1.807, 2.05) is 0 Å². The van der Waals surface area contributed by atoms with Crippen molar-refractivity contribution in [1.82, 2.24) is 0 Å². The standard InChI is InChI=1S/C24H50/c1-21(2,3)19-23(7,8)17-15-13-11-12-14-16-18-24(9,10)20-22(4,5)6/h11-20H2,1-10H3.